The Bertz CT molecular complexity index is 755. The van der Waals surface area contributed by atoms with E-state index in [2.05, 4.69) is 10.5 Å². The van der Waals surface area contributed by atoms with Gasteiger partial charge < -0.3 is 4.74 Å². The number of nitro benzene ring substituents is 1. The highest BCUT2D eigenvalue weighted by molar-refractivity contribution is 5.95. The predicted octanol–water partition coefficient (Wildman–Crippen LogP) is 3.15. The number of nitrogens with zero attached hydrogens (tertiary/aromatic N) is 2. The molecule has 124 valence electrons. The van der Waals surface area contributed by atoms with Gasteiger partial charge in [0.05, 0.1) is 17.2 Å². The summed E-state index contributed by atoms with van der Waals surface area (Å²) in [5.74, 6) is 0.300. The third kappa shape index (κ3) is 4.91. The SMILES string of the molecule is CC(C)Oc1ccc(C(=O)N/N=C/c2cccc([N+](=O)[O-])c2)cc1. The molecule has 0 aliphatic rings. The number of hydrazone groups is 1. The van der Waals surface area contributed by atoms with E-state index in [0.29, 0.717) is 16.9 Å². The molecule has 0 aliphatic carbocycles. The average molecular weight is 327 g/mol. The molecule has 24 heavy (non-hydrogen) atoms. The molecule has 0 atom stereocenters. The summed E-state index contributed by atoms with van der Waals surface area (Å²) in [6, 6.07) is 12.6. The van der Waals surface area contributed by atoms with Crippen LogP contribution in [0.15, 0.2) is 53.6 Å². The van der Waals surface area contributed by atoms with Gasteiger partial charge in [-0.3, -0.25) is 14.9 Å². The van der Waals surface area contributed by atoms with E-state index in [1.165, 1.54) is 18.3 Å². The van der Waals surface area contributed by atoms with E-state index in [1.54, 1.807) is 36.4 Å². The minimum atomic E-state index is -0.489. The van der Waals surface area contributed by atoms with Crippen molar-refractivity contribution >= 4 is 17.8 Å². The molecule has 0 fully saturated rings. The topological polar surface area (TPSA) is 93.8 Å². The first kappa shape index (κ1) is 17.1. The van der Waals surface area contributed by atoms with Gasteiger partial charge in [-0.2, -0.15) is 5.10 Å². The molecule has 0 saturated carbocycles. The molecule has 2 rings (SSSR count). The molecule has 2 aromatic carbocycles. The lowest BCUT2D eigenvalue weighted by atomic mass is 10.2. The van der Waals surface area contributed by atoms with Gasteiger partial charge in [0.1, 0.15) is 5.75 Å². The number of ether oxygens (including phenoxy) is 1. The highest BCUT2D eigenvalue weighted by atomic mass is 16.6. The molecule has 0 saturated heterocycles. The zero-order valence-electron chi connectivity index (χ0n) is 13.3. The summed E-state index contributed by atoms with van der Waals surface area (Å²) < 4.78 is 5.50. The Morgan fingerprint density at radius 2 is 1.96 bits per heavy atom. The maximum Gasteiger partial charge on any atom is 0.271 e. The van der Waals surface area contributed by atoms with Gasteiger partial charge in [0.25, 0.3) is 11.6 Å². The first-order valence-electron chi connectivity index (χ1n) is 7.30. The number of carbonyl (C=O) groups excluding carboxylic acids is 1. The number of carbonyl (C=O) groups is 1. The van der Waals surface area contributed by atoms with E-state index < -0.39 is 4.92 Å². The molecule has 0 aliphatic heterocycles. The Morgan fingerprint density at radius 1 is 1.25 bits per heavy atom. The molecule has 7 heteroatoms. The predicted molar refractivity (Wildman–Crippen MR) is 90.4 cm³/mol. The summed E-state index contributed by atoms with van der Waals surface area (Å²) in [6.07, 6.45) is 1.41. The summed E-state index contributed by atoms with van der Waals surface area (Å²) in [5, 5.41) is 14.5. The van der Waals surface area contributed by atoms with Gasteiger partial charge in [0.15, 0.2) is 0 Å². The molecule has 0 bridgehead atoms. The van der Waals surface area contributed by atoms with Crippen LogP contribution in [0.1, 0.15) is 29.8 Å². The zero-order chi connectivity index (χ0) is 17.5. The maximum absolute atomic E-state index is 12.0. The lowest BCUT2D eigenvalue weighted by molar-refractivity contribution is -0.384. The minimum absolute atomic E-state index is 0.0361. The van der Waals surface area contributed by atoms with E-state index in [-0.39, 0.29) is 17.7 Å². The number of hydrogen-bond acceptors (Lipinski definition) is 5. The Morgan fingerprint density at radius 3 is 2.58 bits per heavy atom. The summed E-state index contributed by atoms with van der Waals surface area (Å²) >= 11 is 0. The normalized spacial score (nSPS) is 10.8. The quantitative estimate of drug-likeness (QED) is 0.501. The molecule has 0 spiro atoms. The van der Waals surface area contributed by atoms with Crippen molar-refractivity contribution in [3.63, 3.8) is 0 Å². The first-order valence-corrected chi connectivity index (χ1v) is 7.30. The number of amides is 1. The lowest BCUT2D eigenvalue weighted by Gasteiger charge is -2.09. The van der Waals surface area contributed by atoms with E-state index in [9.17, 15) is 14.9 Å². The van der Waals surface area contributed by atoms with Crippen LogP contribution in [0.2, 0.25) is 0 Å². The number of benzene rings is 2. The van der Waals surface area contributed by atoms with Gasteiger partial charge in [0, 0.05) is 23.3 Å². The van der Waals surface area contributed by atoms with Crippen LogP contribution in [0.4, 0.5) is 5.69 Å². The highest BCUT2D eigenvalue weighted by Crippen LogP contribution is 2.14. The molecule has 0 radical (unpaired) electrons. The monoisotopic (exact) mass is 327 g/mol. The summed E-state index contributed by atoms with van der Waals surface area (Å²) in [4.78, 5) is 22.2. The fourth-order valence-corrected chi connectivity index (χ4v) is 1.91. The van der Waals surface area contributed by atoms with Crippen LogP contribution >= 0.6 is 0 Å². The van der Waals surface area contributed by atoms with Crippen molar-refractivity contribution in [2.24, 2.45) is 5.10 Å². The molecule has 2 aromatic rings. The van der Waals surface area contributed by atoms with Crippen LogP contribution in [-0.2, 0) is 0 Å². The average Bonchev–Trinajstić information content (AvgIpc) is 2.55. The van der Waals surface area contributed by atoms with Crippen molar-refractivity contribution in [3.05, 3.63) is 69.8 Å². The third-order valence-corrected chi connectivity index (χ3v) is 2.95. The smallest absolute Gasteiger partial charge is 0.271 e. The largest absolute Gasteiger partial charge is 0.491 e. The number of nitro groups is 1. The first-order chi connectivity index (χ1) is 11.5. The van der Waals surface area contributed by atoms with Crippen molar-refractivity contribution in [1.82, 2.24) is 5.43 Å². The molecule has 7 nitrogen and oxygen atoms in total. The van der Waals surface area contributed by atoms with Gasteiger partial charge in [-0.1, -0.05) is 12.1 Å². The number of rotatable bonds is 6. The molecule has 0 unspecified atom stereocenters. The summed E-state index contributed by atoms with van der Waals surface area (Å²) in [5.41, 5.74) is 3.29. The van der Waals surface area contributed by atoms with E-state index in [1.807, 2.05) is 13.8 Å². The second-order valence-electron chi connectivity index (χ2n) is 5.24. The van der Waals surface area contributed by atoms with Crippen molar-refractivity contribution in [2.75, 3.05) is 0 Å². The highest BCUT2D eigenvalue weighted by Gasteiger charge is 2.06. The van der Waals surface area contributed by atoms with Crippen LogP contribution in [0.3, 0.4) is 0 Å². The summed E-state index contributed by atoms with van der Waals surface area (Å²) in [6.45, 7) is 3.84. The lowest BCUT2D eigenvalue weighted by Crippen LogP contribution is -2.17. The Hall–Kier alpha value is -3.22. The number of non-ortho nitro benzene ring substituents is 1. The van der Waals surface area contributed by atoms with E-state index in [0.717, 1.165) is 0 Å². The molecule has 0 heterocycles. The summed E-state index contributed by atoms with van der Waals surface area (Å²) in [7, 11) is 0. The maximum atomic E-state index is 12.0. The van der Waals surface area contributed by atoms with Crippen LogP contribution in [0.25, 0.3) is 0 Å². The molecular formula is C17H17N3O4. The van der Waals surface area contributed by atoms with Crippen molar-refractivity contribution in [2.45, 2.75) is 20.0 Å². The van der Waals surface area contributed by atoms with Gasteiger partial charge in [0.2, 0.25) is 0 Å². The van der Waals surface area contributed by atoms with E-state index in [4.69, 9.17) is 4.74 Å². The Balaban J connectivity index is 1.97. The Kier molecular flexibility index (Phi) is 5.62. The molecule has 0 aromatic heterocycles. The number of hydrogen-bond donors (Lipinski definition) is 1. The third-order valence-electron chi connectivity index (χ3n) is 2.95. The minimum Gasteiger partial charge on any atom is -0.491 e. The van der Waals surface area contributed by atoms with Gasteiger partial charge >= 0.3 is 0 Å². The standard InChI is InChI=1S/C17H17N3O4/c1-12(2)24-16-8-6-14(7-9-16)17(21)19-18-11-13-4-3-5-15(10-13)20(22)23/h3-12H,1-2H3,(H,19,21)/b18-11+. The number of nitrogens with one attached hydrogen (secondary N) is 1. The van der Waals surface area contributed by atoms with Crippen molar-refractivity contribution in [3.8, 4) is 5.75 Å². The van der Waals surface area contributed by atoms with Gasteiger partial charge in [-0.15, -0.1) is 0 Å². The van der Waals surface area contributed by atoms with E-state index >= 15 is 0 Å². The second-order valence-corrected chi connectivity index (χ2v) is 5.24. The van der Waals surface area contributed by atoms with Gasteiger partial charge in [-0.05, 0) is 38.1 Å². The van der Waals surface area contributed by atoms with Crippen LogP contribution < -0.4 is 10.2 Å². The fourth-order valence-electron chi connectivity index (χ4n) is 1.91. The molecular weight excluding hydrogens is 310 g/mol. The van der Waals surface area contributed by atoms with Gasteiger partial charge in [-0.25, -0.2) is 5.43 Å². The van der Waals surface area contributed by atoms with Crippen LogP contribution in [0, 0.1) is 10.1 Å². The molecule has 1 amide bonds. The second kappa shape index (κ2) is 7.87. The van der Waals surface area contributed by atoms with Crippen molar-refractivity contribution < 1.29 is 14.5 Å². The van der Waals surface area contributed by atoms with Crippen molar-refractivity contribution in [1.29, 1.82) is 0 Å². The van der Waals surface area contributed by atoms with Crippen LogP contribution in [0.5, 0.6) is 5.75 Å². The fraction of sp³-hybridized carbons (Fsp3) is 0.176. The molecule has 1 N–H and O–H groups in total. The Labute approximate surface area is 139 Å². The zero-order valence-corrected chi connectivity index (χ0v) is 13.3. The van der Waals surface area contributed by atoms with Crippen LogP contribution in [-0.4, -0.2) is 23.1 Å².